The zero-order chi connectivity index (χ0) is 9.07. The standard InChI is InChI=1S/C5H10N2O3S/c6-3(8)1-5(7,2-11)4(9)10/h11H,1-2,7H2,(H2,6,8)(H,9,10). The first-order valence-corrected chi connectivity index (χ1v) is 3.47. The van der Waals surface area contributed by atoms with E-state index in [2.05, 4.69) is 12.6 Å². The number of nitrogens with two attached hydrogens (primary N) is 2. The Balaban J connectivity index is 4.34. The summed E-state index contributed by atoms with van der Waals surface area (Å²) in [5.74, 6) is -2.14. The molecule has 0 fully saturated rings. The number of carbonyl (C=O) groups excluding carboxylic acids is 1. The Morgan fingerprint density at radius 1 is 1.55 bits per heavy atom. The van der Waals surface area contributed by atoms with Gasteiger partial charge in [0.05, 0.1) is 6.42 Å². The van der Waals surface area contributed by atoms with Gasteiger partial charge in [0.15, 0.2) is 0 Å². The van der Waals surface area contributed by atoms with E-state index in [1.165, 1.54) is 0 Å². The molecule has 6 heteroatoms. The third-order valence-corrected chi connectivity index (χ3v) is 1.76. The molecule has 0 saturated heterocycles. The van der Waals surface area contributed by atoms with E-state index in [-0.39, 0.29) is 5.75 Å². The quantitative estimate of drug-likeness (QED) is 0.396. The van der Waals surface area contributed by atoms with Gasteiger partial charge in [0.2, 0.25) is 5.91 Å². The van der Waals surface area contributed by atoms with Gasteiger partial charge in [-0.15, -0.1) is 0 Å². The molecule has 0 aromatic rings. The second-order valence-electron chi connectivity index (χ2n) is 2.26. The molecular formula is C5H10N2O3S. The maximum Gasteiger partial charge on any atom is 0.325 e. The van der Waals surface area contributed by atoms with Crippen LogP contribution in [-0.4, -0.2) is 28.3 Å². The normalized spacial score (nSPS) is 15.5. The van der Waals surface area contributed by atoms with E-state index in [0.29, 0.717) is 0 Å². The molecule has 11 heavy (non-hydrogen) atoms. The van der Waals surface area contributed by atoms with Gasteiger partial charge >= 0.3 is 5.97 Å². The highest BCUT2D eigenvalue weighted by Gasteiger charge is 2.34. The van der Waals surface area contributed by atoms with Gasteiger partial charge in [0, 0.05) is 5.75 Å². The van der Waals surface area contributed by atoms with Crippen molar-refractivity contribution in [2.24, 2.45) is 11.5 Å². The van der Waals surface area contributed by atoms with Crippen LogP contribution in [0.25, 0.3) is 0 Å². The van der Waals surface area contributed by atoms with Crippen molar-refractivity contribution in [1.82, 2.24) is 0 Å². The molecule has 0 radical (unpaired) electrons. The van der Waals surface area contributed by atoms with Crippen LogP contribution >= 0.6 is 12.6 Å². The first-order valence-electron chi connectivity index (χ1n) is 2.84. The molecule has 0 aliphatic rings. The molecule has 0 aliphatic carbocycles. The van der Waals surface area contributed by atoms with Crippen molar-refractivity contribution in [1.29, 1.82) is 0 Å². The summed E-state index contributed by atoms with van der Waals surface area (Å²) in [5.41, 5.74) is 8.41. The zero-order valence-corrected chi connectivity index (χ0v) is 6.67. The molecule has 5 N–H and O–H groups in total. The number of primary amides is 1. The number of hydrogen-bond acceptors (Lipinski definition) is 4. The first-order chi connectivity index (χ1) is 4.92. The van der Waals surface area contributed by atoms with Crippen molar-refractivity contribution in [2.45, 2.75) is 12.0 Å². The van der Waals surface area contributed by atoms with Crippen molar-refractivity contribution < 1.29 is 14.7 Å². The Hall–Kier alpha value is -0.750. The predicted molar refractivity (Wildman–Crippen MR) is 42.2 cm³/mol. The highest BCUT2D eigenvalue weighted by Crippen LogP contribution is 2.08. The number of thiol groups is 1. The molecule has 64 valence electrons. The number of carboxylic acid groups (broad SMARTS) is 1. The first kappa shape index (κ1) is 10.2. The Labute approximate surface area is 69.2 Å². The minimum absolute atomic E-state index is 0.120. The minimum atomic E-state index is -1.63. The monoisotopic (exact) mass is 178 g/mol. The second-order valence-corrected chi connectivity index (χ2v) is 2.58. The summed E-state index contributed by atoms with van der Waals surface area (Å²) >= 11 is 3.70. The molecule has 0 bridgehead atoms. The maximum absolute atomic E-state index is 10.4. The summed E-state index contributed by atoms with van der Waals surface area (Å²) in [5, 5.41) is 8.50. The maximum atomic E-state index is 10.4. The molecule has 0 aliphatic heterocycles. The summed E-state index contributed by atoms with van der Waals surface area (Å²) in [6, 6.07) is 0. The number of aliphatic carboxylic acids is 1. The van der Waals surface area contributed by atoms with Crippen LogP contribution < -0.4 is 11.5 Å². The molecule has 0 heterocycles. The topological polar surface area (TPSA) is 106 Å². The Kier molecular flexibility index (Phi) is 3.34. The Morgan fingerprint density at radius 3 is 2.09 bits per heavy atom. The molecule has 0 saturated carbocycles. The number of rotatable bonds is 4. The Bertz CT molecular complexity index is 185. The van der Waals surface area contributed by atoms with E-state index in [0.717, 1.165) is 0 Å². The van der Waals surface area contributed by atoms with Crippen LogP contribution in [0.3, 0.4) is 0 Å². The van der Waals surface area contributed by atoms with E-state index in [9.17, 15) is 9.59 Å². The van der Waals surface area contributed by atoms with Gasteiger partial charge < -0.3 is 16.6 Å². The van der Waals surface area contributed by atoms with Crippen molar-refractivity contribution >= 4 is 24.5 Å². The van der Waals surface area contributed by atoms with Crippen LogP contribution in [0.1, 0.15) is 6.42 Å². The fourth-order valence-electron chi connectivity index (χ4n) is 0.510. The lowest BCUT2D eigenvalue weighted by atomic mass is 9.99. The van der Waals surface area contributed by atoms with E-state index < -0.39 is 23.8 Å². The van der Waals surface area contributed by atoms with Crippen LogP contribution in [0.2, 0.25) is 0 Å². The SMILES string of the molecule is NC(=O)CC(N)(CS)C(=O)O. The summed E-state index contributed by atoms with van der Waals surface area (Å²) in [6.07, 6.45) is -0.397. The summed E-state index contributed by atoms with van der Waals surface area (Å²) in [7, 11) is 0. The van der Waals surface area contributed by atoms with Crippen LogP contribution in [0.4, 0.5) is 0 Å². The third-order valence-electron chi connectivity index (χ3n) is 1.20. The van der Waals surface area contributed by atoms with E-state index in [1.54, 1.807) is 0 Å². The number of hydrogen-bond donors (Lipinski definition) is 4. The molecule has 0 aromatic heterocycles. The number of carbonyl (C=O) groups is 2. The third kappa shape index (κ3) is 2.77. The molecule has 1 atom stereocenters. The highest BCUT2D eigenvalue weighted by molar-refractivity contribution is 7.80. The van der Waals surface area contributed by atoms with E-state index in [4.69, 9.17) is 16.6 Å². The lowest BCUT2D eigenvalue weighted by Gasteiger charge is -2.19. The predicted octanol–water partition coefficient (Wildman–Crippen LogP) is -1.43. The summed E-state index contributed by atoms with van der Waals surface area (Å²) in [6.45, 7) is 0. The molecule has 0 rings (SSSR count). The van der Waals surface area contributed by atoms with Gasteiger partial charge in [-0.05, 0) is 0 Å². The summed E-state index contributed by atoms with van der Waals surface area (Å²) in [4.78, 5) is 20.7. The number of carboxylic acids is 1. The van der Waals surface area contributed by atoms with Crippen LogP contribution in [0.5, 0.6) is 0 Å². The second kappa shape index (κ2) is 3.59. The van der Waals surface area contributed by atoms with Crippen molar-refractivity contribution in [3.63, 3.8) is 0 Å². The van der Waals surface area contributed by atoms with Crippen LogP contribution in [-0.2, 0) is 9.59 Å². The van der Waals surface area contributed by atoms with Crippen LogP contribution in [0, 0.1) is 0 Å². The van der Waals surface area contributed by atoms with E-state index in [1.807, 2.05) is 0 Å². The minimum Gasteiger partial charge on any atom is -0.480 e. The average molecular weight is 178 g/mol. The lowest BCUT2D eigenvalue weighted by Crippen LogP contribution is -2.52. The van der Waals surface area contributed by atoms with Gasteiger partial charge in [0.1, 0.15) is 5.54 Å². The summed E-state index contributed by atoms with van der Waals surface area (Å²) < 4.78 is 0. The largest absolute Gasteiger partial charge is 0.480 e. The molecule has 0 spiro atoms. The fourth-order valence-corrected chi connectivity index (χ4v) is 0.757. The van der Waals surface area contributed by atoms with Crippen LogP contribution in [0.15, 0.2) is 0 Å². The van der Waals surface area contributed by atoms with Gasteiger partial charge in [-0.3, -0.25) is 9.59 Å². The fraction of sp³-hybridized carbons (Fsp3) is 0.600. The molecule has 0 aromatic carbocycles. The van der Waals surface area contributed by atoms with Crippen molar-refractivity contribution in [2.75, 3.05) is 5.75 Å². The number of amides is 1. The molecule has 5 nitrogen and oxygen atoms in total. The highest BCUT2D eigenvalue weighted by atomic mass is 32.1. The molecule has 1 amide bonds. The molecular weight excluding hydrogens is 168 g/mol. The van der Waals surface area contributed by atoms with Gasteiger partial charge in [-0.25, -0.2) is 0 Å². The van der Waals surface area contributed by atoms with Gasteiger partial charge in [-0.1, -0.05) is 0 Å². The smallest absolute Gasteiger partial charge is 0.325 e. The Morgan fingerprint density at radius 2 is 2.00 bits per heavy atom. The average Bonchev–Trinajstić information content (AvgIpc) is 1.86. The van der Waals surface area contributed by atoms with Gasteiger partial charge in [-0.2, -0.15) is 12.6 Å². The lowest BCUT2D eigenvalue weighted by molar-refractivity contribution is -0.144. The zero-order valence-electron chi connectivity index (χ0n) is 5.78. The van der Waals surface area contributed by atoms with Gasteiger partial charge in [0.25, 0.3) is 0 Å². The van der Waals surface area contributed by atoms with E-state index >= 15 is 0 Å². The van der Waals surface area contributed by atoms with Crippen molar-refractivity contribution in [3.05, 3.63) is 0 Å². The molecule has 1 unspecified atom stereocenters. The van der Waals surface area contributed by atoms with Crippen molar-refractivity contribution in [3.8, 4) is 0 Å².